The molecule has 136 valence electrons. The molecule has 0 radical (unpaired) electrons. The minimum absolute atomic E-state index is 0.0926. The van der Waals surface area contributed by atoms with Gasteiger partial charge in [0.15, 0.2) is 0 Å². The molecule has 12 heteroatoms. The Morgan fingerprint density at radius 1 is 0.640 bits per heavy atom. The number of rotatable bonds is 1. The van der Waals surface area contributed by atoms with E-state index in [1.165, 1.54) is 0 Å². The zero-order valence-corrected chi connectivity index (χ0v) is 11.5. The number of imide groups is 1. The van der Waals surface area contributed by atoms with E-state index in [4.69, 9.17) is 0 Å². The zero-order valence-electron chi connectivity index (χ0n) is 11.5. The highest BCUT2D eigenvalue weighted by molar-refractivity contribution is 6.28. The molecule has 0 aliphatic carbocycles. The quantitative estimate of drug-likeness (QED) is 0.544. The average Bonchev–Trinajstić information content (AvgIpc) is 2.73. The largest absolute Gasteiger partial charge is 0.417 e. The van der Waals surface area contributed by atoms with Crippen LogP contribution in [0.15, 0.2) is 24.3 Å². The third-order valence-corrected chi connectivity index (χ3v) is 3.08. The molecule has 0 atom stereocenters. The Morgan fingerprint density at radius 2 is 1.00 bits per heavy atom. The van der Waals surface area contributed by atoms with Gasteiger partial charge in [0.05, 0.1) is 22.4 Å². The first kappa shape index (κ1) is 18.8. The van der Waals surface area contributed by atoms with Gasteiger partial charge >= 0.3 is 18.5 Å². The smallest absolute Gasteiger partial charge is 0.269 e. The monoisotopic (exact) mass is 377 g/mol. The minimum atomic E-state index is -5.98. The van der Waals surface area contributed by atoms with Crippen molar-refractivity contribution in [3.63, 3.8) is 0 Å². The van der Waals surface area contributed by atoms with E-state index >= 15 is 0 Å². The first-order valence-electron chi connectivity index (χ1n) is 6.10. The molecule has 0 spiro atoms. The average molecular weight is 377 g/mol. The van der Waals surface area contributed by atoms with E-state index in [0.717, 1.165) is 0 Å². The summed E-state index contributed by atoms with van der Waals surface area (Å²) in [6, 6.07) is -0.637. The van der Waals surface area contributed by atoms with E-state index in [9.17, 15) is 49.1 Å². The molecular weight excluding hydrogens is 373 g/mol. The molecule has 1 heterocycles. The summed E-state index contributed by atoms with van der Waals surface area (Å²) < 4.78 is 116. The highest BCUT2D eigenvalue weighted by atomic mass is 19.4. The van der Waals surface area contributed by atoms with Crippen LogP contribution in [0.1, 0.15) is 16.7 Å². The number of nitrogens with zero attached hydrogens (tertiary/aromatic N) is 1. The van der Waals surface area contributed by atoms with Crippen LogP contribution in [0.2, 0.25) is 0 Å². The van der Waals surface area contributed by atoms with Crippen molar-refractivity contribution in [3.05, 3.63) is 41.0 Å². The Hall–Kier alpha value is -2.53. The maximum Gasteiger partial charge on any atom is 0.417 e. The molecule has 1 aromatic carbocycles. The molecule has 0 saturated carbocycles. The predicted molar refractivity (Wildman–Crippen MR) is 63.1 cm³/mol. The first-order chi connectivity index (χ1) is 11.1. The molecule has 1 aliphatic heterocycles. The lowest BCUT2D eigenvalue weighted by atomic mass is 9.97. The molecule has 0 unspecified atom stereocenters. The molecule has 0 N–H and O–H groups in total. The maximum absolute atomic E-state index is 12.9. The highest BCUT2D eigenvalue weighted by Gasteiger charge is 2.51. The fraction of sp³-hybridized carbons (Fsp3) is 0.231. The van der Waals surface area contributed by atoms with Crippen molar-refractivity contribution in [3.8, 4) is 0 Å². The van der Waals surface area contributed by atoms with E-state index < -0.39 is 52.7 Å². The van der Waals surface area contributed by atoms with Crippen molar-refractivity contribution in [2.45, 2.75) is 18.5 Å². The Labute approximate surface area is 132 Å². The van der Waals surface area contributed by atoms with Gasteiger partial charge in [-0.15, -0.1) is 0 Å². The molecule has 2 amide bonds. The number of hydrogen-bond donors (Lipinski definition) is 0. The minimum Gasteiger partial charge on any atom is -0.269 e. The molecule has 0 bridgehead atoms. The molecule has 2 rings (SSSR count). The van der Waals surface area contributed by atoms with Crippen LogP contribution in [0.5, 0.6) is 0 Å². The van der Waals surface area contributed by atoms with Crippen molar-refractivity contribution < 1.29 is 49.1 Å². The lowest BCUT2D eigenvalue weighted by molar-refractivity contribution is -0.174. The fourth-order valence-electron chi connectivity index (χ4n) is 2.16. The van der Waals surface area contributed by atoms with Crippen LogP contribution < -0.4 is 4.90 Å². The van der Waals surface area contributed by atoms with Gasteiger partial charge < -0.3 is 0 Å². The second kappa shape index (κ2) is 5.49. The summed E-state index contributed by atoms with van der Waals surface area (Å²) in [7, 11) is 0. The summed E-state index contributed by atoms with van der Waals surface area (Å²) in [5.41, 5.74) is -9.52. The van der Waals surface area contributed by atoms with Gasteiger partial charge in [0.25, 0.3) is 11.8 Å². The van der Waals surface area contributed by atoms with Crippen molar-refractivity contribution in [2.75, 3.05) is 4.90 Å². The standard InChI is InChI=1S/C13H4F9NO2/c14-11(15,16)6-3-5(23-8(24)1-2-9(23)25)4-7(12(17,18)19)10(6)13(20,21)22/h1-4H. The maximum atomic E-state index is 12.9. The number of amides is 2. The van der Waals surface area contributed by atoms with Crippen LogP contribution in [0.3, 0.4) is 0 Å². The SMILES string of the molecule is O=C1C=CC(=O)N1c1cc(C(F)(F)F)c(C(F)(F)F)c(C(F)(F)F)c1. The summed E-state index contributed by atoms with van der Waals surface area (Å²) in [5.74, 6) is -2.57. The van der Waals surface area contributed by atoms with Gasteiger partial charge in [-0.1, -0.05) is 0 Å². The molecular formula is C13H4F9NO2. The molecule has 1 aromatic rings. The number of halogens is 9. The van der Waals surface area contributed by atoms with Crippen LogP contribution in [0, 0.1) is 0 Å². The number of carbonyl (C=O) groups is 2. The van der Waals surface area contributed by atoms with Crippen LogP contribution >= 0.6 is 0 Å². The van der Waals surface area contributed by atoms with Gasteiger partial charge in [0.2, 0.25) is 0 Å². The number of anilines is 1. The van der Waals surface area contributed by atoms with Crippen LogP contribution in [0.25, 0.3) is 0 Å². The third-order valence-electron chi connectivity index (χ3n) is 3.08. The van der Waals surface area contributed by atoms with Gasteiger partial charge in [0, 0.05) is 12.2 Å². The van der Waals surface area contributed by atoms with Gasteiger partial charge in [-0.2, -0.15) is 39.5 Å². The highest BCUT2D eigenvalue weighted by Crippen LogP contribution is 2.48. The fourth-order valence-corrected chi connectivity index (χ4v) is 2.16. The molecule has 3 nitrogen and oxygen atoms in total. The number of carbonyl (C=O) groups excluding carboxylic acids is 2. The van der Waals surface area contributed by atoms with E-state index in [2.05, 4.69) is 0 Å². The van der Waals surface area contributed by atoms with E-state index in [0.29, 0.717) is 12.2 Å². The lowest BCUT2D eigenvalue weighted by Crippen LogP contribution is -2.31. The summed E-state index contributed by atoms with van der Waals surface area (Å²) in [6.07, 6.45) is -16.5. The van der Waals surface area contributed by atoms with Crippen LogP contribution in [-0.4, -0.2) is 11.8 Å². The topological polar surface area (TPSA) is 37.4 Å². The zero-order chi connectivity index (χ0) is 19.4. The number of hydrogen-bond acceptors (Lipinski definition) is 2. The normalized spacial score (nSPS) is 16.1. The Morgan fingerprint density at radius 3 is 1.28 bits per heavy atom. The summed E-state index contributed by atoms with van der Waals surface area (Å²) >= 11 is 0. The second-order valence-electron chi connectivity index (χ2n) is 4.75. The third kappa shape index (κ3) is 3.46. The van der Waals surface area contributed by atoms with Gasteiger partial charge in [-0.25, -0.2) is 4.90 Å². The van der Waals surface area contributed by atoms with E-state index in [-0.39, 0.29) is 17.0 Å². The molecule has 1 aliphatic rings. The van der Waals surface area contributed by atoms with Crippen molar-refractivity contribution in [1.82, 2.24) is 0 Å². The van der Waals surface area contributed by atoms with Crippen molar-refractivity contribution in [1.29, 1.82) is 0 Å². The van der Waals surface area contributed by atoms with E-state index in [1.807, 2.05) is 0 Å². The van der Waals surface area contributed by atoms with Crippen LogP contribution in [0.4, 0.5) is 45.2 Å². The molecule has 25 heavy (non-hydrogen) atoms. The van der Waals surface area contributed by atoms with Crippen LogP contribution in [-0.2, 0) is 28.1 Å². The predicted octanol–water partition coefficient (Wildman–Crippen LogP) is 4.17. The number of benzene rings is 1. The summed E-state index contributed by atoms with van der Waals surface area (Å²) in [6.45, 7) is 0. The Balaban J connectivity index is 2.88. The van der Waals surface area contributed by atoms with E-state index in [1.54, 1.807) is 0 Å². The molecule has 0 saturated heterocycles. The molecule has 0 aromatic heterocycles. The van der Waals surface area contributed by atoms with Gasteiger partial charge in [0.1, 0.15) is 0 Å². The Bertz CT molecular complexity index is 718. The summed E-state index contributed by atoms with van der Waals surface area (Å²) in [4.78, 5) is 22.8. The second-order valence-corrected chi connectivity index (χ2v) is 4.75. The van der Waals surface area contributed by atoms with Gasteiger partial charge in [-0.05, 0) is 12.1 Å². The number of alkyl halides is 9. The molecule has 0 fully saturated rings. The van der Waals surface area contributed by atoms with Gasteiger partial charge in [-0.3, -0.25) is 9.59 Å². The Kier molecular flexibility index (Phi) is 4.13. The summed E-state index contributed by atoms with van der Waals surface area (Å²) in [5, 5.41) is 0. The lowest BCUT2D eigenvalue weighted by Gasteiger charge is -2.24. The first-order valence-corrected chi connectivity index (χ1v) is 6.10. The van der Waals surface area contributed by atoms with Crippen molar-refractivity contribution >= 4 is 17.5 Å². The van der Waals surface area contributed by atoms with Crippen molar-refractivity contribution in [2.24, 2.45) is 0 Å².